The number of carbonyl (C=O) groups excluding carboxylic acids is 2. The fraction of sp³-hybridized carbons (Fsp3) is 0.300. The molecule has 0 spiro atoms. The minimum atomic E-state index is -0.654. The van der Waals surface area contributed by atoms with Crippen molar-refractivity contribution >= 4 is 11.9 Å². The summed E-state index contributed by atoms with van der Waals surface area (Å²) in [5.41, 5.74) is 2.32. The van der Waals surface area contributed by atoms with Crippen molar-refractivity contribution in [3.05, 3.63) is 59.2 Å². The molecule has 6 nitrogen and oxygen atoms in total. The largest absolute Gasteiger partial charge is 0.493 e. The van der Waals surface area contributed by atoms with Crippen LogP contribution in [0.5, 0.6) is 11.5 Å². The molecule has 2 aromatic rings. The fourth-order valence-corrected chi connectivity index (χ4v) is 2.48. The van der Waals surface area contributed by atoms with Gasteiger partial charge in [-0.2, -0.15) is 0 Å². The highest BCUT2D eigenvalue weighted by atomic mass is 16.5. The summed E-state index contributed by atoms with van der Waals surface area (Å²) >= 11 is 0. The van der Waals surface area contributed by atoms with Gasteiger partial charge in [0.25, 0.3) is 5.91 Å². The quantitative estimate of drug-likeness (QED) is 0.771. The Labute approximate surface area is 153 Å². The molecule has 2 aromatic carbocycles. The third-order valence-electron chi connectivity index (χ3n) is 3.91. The number of benzene rings is 2. The second-order valence-electron chi connectivity index (χ2n) is 5.82. The van der Waals surface area contributed by atoms with E-state index in [0.717, 1.165) is 11.1 Å². The minimum absolute atomic E-state index is 0.187. The maximum Gasteiger partial charge on any atom is 0.342 e. The fourth-order valence-electron chi connectivity index (χ4n) is 2.48. The summed E-state index contributed by atoms with van der Waals surface area (Å²) in [6.45, 7) is 3.49. The first-order valence-corrected chi connectivity index (χ1v) is 8.20. The summed E-state index contributed by atoms with van der Waals surface area (Å²) in [5, 5.41) is 2.80. The molecule has 1 amide bonds. The van der Waals surface area contributed by atoms with Gasteiger partial charge in [0.2, 0.25) is 0 Å². The second-order valence-corrected chi connectivity index (χ2v) is 5.82. The van der Waals surface area contributed by atoms with Crippen LogP contribution < -0.4 is 14.8 Å². The number of esters is 1. The molecule has 0 aliphatic heterocycles. The highest BCUT2D eigenvalue weighted by Gasteiger charge is 2.19. The molecule has 0 saturated carbocycles. The van der Waals surface area contributed by atoms with Crippen LogP contribution in [0.1, 0.15) is 34.5 Å². The van der Waals surface area contributed by atoms with E-state index in [9.17, 15) is 9.59 Å². The molecule has 0 bridgehead atoms. The van der Waals surface area contributed by atoms with Crippen LogP contribution in [0.25, 0.3) is 0 Å². The van der Waals surface area contributed by atoms with Crippen LogP contribution in [0.15, 0.2) is 42.5 Å². The number of amides is 1. The van der Waals surface area contributed by atoms with Crippen LogP contribution in [0.4, 0.5) is 0 Å². The molecule has 0 fully saturated rings. The van der Waals surface area contributed by atoms with Gasteiger partial charge in [-0.15, -0.1) is 0 Å². The normalized spacial score (nSPS) is 11.4. The smallest absolute Gasteiger partial charge is 0.342 e. The van der Waals surface area contributed by atoms with Crippen LogP contribution in [-0.2, 0) is 9.53 Å². The van der Waals surface area contributed by atoms with Crippen molar-refractivity contribution in [2.24, 2.45) is 0 Å². The molecule has 0 aromatic heterocycles. The van der Waals surface area contributed by atoms with Crippen LogP contribution in [0, 0.1) is 6.92 Å². The Balaban J connectivity index is 1.95. The Kier molecular flexibility index (Phi) is 6.60. The molecule has 138 valence electrons. The van der Waals surface area contributed by atoms with Crippen molar-refractivity contribution in [2.75, 3.05) is 20.8 Å². The van der Waals surface area contributed by atoms with Gasteiger partial charge in [-0.1, -0.05) is 35.9 Å². The van der Waals surface area contributed by atoms with Crippen molar-refractivity contribution in [1.82, 2.24) is 5.32 Å². The van der Waals surface area contributed by atoms with Crippen molar-refractivity contribution in [3.8, 4) is 11.5 Å². The van der Waals surface area contributed by atoms with E-state index in [1.165, 1.54) is 14.2 Å². The lowest BCUT2D eigenvalue weighted by Crippen LogP contribution is -2.31. The summed E-state index contributed by atoms with van der Waals surface area (Å²) in [6, 6.07) is 12.5. The number of ether oxygens (including phenoxy) is 3. The standard InChI is InChI=1S/C20H23NO5/c1-13-8-10-15(11-9-13)14(2)21-18(22)12-26-20(23)16-6-5-7-17(24-3)19(16)25-4/h5-11,14H,12H2,1-4H3,(H,21,22)/t14-/m0/s1. The van der Waals surface area contributed by atoms with Gasteiger partial charge in [0.15, 0.2) is 18.1 Å². The average Bonchev–Trinajstić information content (AvgIpc) is 2.65. The topological polar surface area (TPSA) is 73.9 Å². The molecular formula is C20H23NO5. The Bertz CT molecular complexity index is 770. The summed E-state index contributed by atoms with van der Waals surface area (Å²) in [7, 11) is 2.91. The Morgan fingerprint density at radius 1 is 1.04 bits per heavy atom. The number of aryl methyl sites for hydroxylation is 1. The molecule has 0 saturated heterocycles. The predicted octanol–water partition coefficient (Wildman–Crippen LogP) is 3.05. The van der Waals surface area contributed by atoms with E-state index in [1.54, 1.807) is 18.2 Å². The summed E-state index contributed by atoms with van der Waals surface area (Å²) in [4.78, 5) is 24.3. The van der Waals surface area contributed by atoms with E-state index in [4.69, 9.17) is 14.2 Å². The molecule has 26 heavy (non-hydrogen) atoms. The number of carbonyl (C=O) groups is 2. The molecule has 0 heterocycles. The first-order valence-electron chi connectivity index (χ1n) is 8.20. The SMILES string of the molecule is COc1cccc(C(=O)OCC(=O)N[C@@H](C)c2ccc(C)cc2)c1OC. The molecule has 2 rings (SSSR count). The molecule has 0 radical (unpaired) electrons. The van der Waals surface area contributed by atoms with Gasteiger partial charge in [0.05, 0.1) is 20.3 Å². The van der Waals surface area contributed by atoms with Crippen molar-refractivity contribution in [2.45, 2.75) is 19.9 Å². The van der Waals surface area contributed by atoms with Gasteiger partial charge < -0.3 is 19.5 Å². The van der Waals surface area contributed by atoms with E-state index >= 15 is 0 Å². The molecule has 0 aliphatic rings. The van der Waals surface area contributed by atoms with Crippen molar-refractivity contribution in [1.29, 1.82) is 0 Å². The zero-order valence-electron chi connectivity index (χ0n) is 15.4. The van der Waals surface area contributed by atoms with Gasteiger partial charge in [0.1, 0.15) is 5.56 Å². The Morgan fingerprint density at radius 2 is 1.73 bits per heavy atom. The highest BCUT2D eigenvalue weighted by molar-refractivity contribution is 5.95. The third kappa shape index (κ3) is 4.75. The molecule has 1 N–H and O–H groups in total. The summed E-state index contributed by atoms with van der Waals surface area (Å²) in [5.74, 6) is -0.347. The van der Waals surface area contributed by atoms with E-state index in [-0.39, 0.29) is 29.9 Å². The zero-order valence-corrected chi connectivity index (χ0v) is 15.4. The molecule has 1 atom stereocenters. The lowest BCUT2D eigenvalue weighted by Gasteiger charge is -2.15. The maximum atomic E-state index is 12.3. The Hall–Kier alpha value is -3.02. The van der Waals surface area contributed by atoms with Crippen molar-refractivity contribution < 1.29 is 23.8 Å². The van der Waals surface area contributed by atoms with Crippen LogP contribution in [0.3, 0.4) is 0 Å². The summed E-state index contributed by atoms with van der Waals surface area (Å²) in [6.07, 6.45) is 0. The van der Waals surface area contributed by atoms with E-state index in [0.29, 0.717) is 5.75 Å². The lowest BCUT2D eigenvalue weighted by molar-refractivity contribution is -0.124. The van der Waals surface area contributed by atoms with Crippen LogP contribution in [0.2, 0.25) is 0 Å². The molecular weight excluding hydrogens is 334 g/mol. The minimum Gasteiger partial charge on any atom is -0.493 e. The maximum absolute atomic E-state index is 12.3. The molecule has 6 heteroatoms. The van der Waals surface area contributed by atoms with Crippen molar-refractivity contribution in [3.63, 3.8) is 0 Å². The van der Waals surface area contributed by atoms with Crippen LogP contribution in [-0.4, -0.2) is 32.7 Å². The first kappa shape index (κ1) is 19.3. The predicted molar refractivity (Wildman–Crippen MR) is 97.6 cm³/mol. The number of nitrogens with one attached hydrogen (secondary N) is 1. The van der Waals surface area contributed by atoms with Gasteiger partial charge in [0, 0.05) is 0 Å². The molecule has 0 aliphatic carbocycles. The van der Waals surface area contributed by atoms with E-state index < -0.39 is 5.97 Å². The number of hydrogen-bond donors (Lipinski definition) is 1. The number of para-hydroxylation sites is 1. The van der Waals surface area contributed by atoms with Gasteiger partial charge >= 0.3 is 5.97 Å². The highest BCUT2D eigenvalue weighted by Crippen LogP contribution is 2.31. The lowest BCUT2D eigenvalue weighted by atomic mass is 10.1. The average molecular weight is 357 g/mol. The van der Waals surface area contributed by atoms with E-state index in [1.807, 2.05) is 38.1 Å². The second kappa shape index (κ2) is 8.89. The van der Waals surface area contributed by atoms with Gasteiger partial charge in [-0.3, -0.25) is 4.79 Å². The number of rotatable bonds is 7. The summed E-state index contributed by atoms with van der Waals surface area (Å²) < 4.78 is 15.5. The number of methoxy groups -OCH3 is 2. The zero-order chi connectivity index (χ0) is 19.1. The Morgan fingerprint density at radius 3 is 2.35 bits per heavy atom. The van der Waals surface area contributed by atoms with Gasteiger partial charge in [-0.25, -0.2) is 4.79 Å². The monoisotopic (exact) mass is 357 g/mol. The first-order chi connectivity index (χ1) is 12.5. The van der Waals surface area contributed by atoms with E-state index in [2.05, 4.69) is 5.32 Å². The molecule has 0 unspecified atom stereocenters. The van der Waals surface area contributed by atoms with Gasteiger partial charge in [-0.05, 0) is 31.5 Å². The number of hydrogen-bond acceptors (Lipinski definition) is 5. The van der Waals surface area contributed by atoms with Crippen LogP contribution >= 0.6 is 0 Å². The third-order valence-corrected chi connectivity index (χ3v) is 3.91.